The van der Waals surface area contributed by atoms with Crippen molar-refractivity contribution in [3.63, 3.8) is 0 Å². The molecule has 0 aliphatic heterocycles. The maximum absolute atomic E-state index is 12.6. The second kappa shape index (κ2) is 6.62. The van der Waals surface area contributed by atoms with E-state index in [1.807, 2.05) is 14.0 Å². The summed E-state index contributed by atoms with van der Waals surface area (Å²) in [4.78, 5) is 24.1. The second-order valence-corrected chi connectivity index (χ2v) is 6.63. The molecule has 130 valence electrons. The van der Waals surface area contributed by atoms with Crippen molar-refractivity contribution < 1.29 is 4.79 Å². The van der Waals surface area contributed by atoms with Gasteiger partial charge in [0.15, 0.2) is 0 Å². The van der Waals surface area contributed by atoms with Gasteiger partial charge in [-0.3, -0.25) is 14.0 Å². The van der Waals surface area contributed by atoms with Crippen LogP contribution in [0.5, 0.6) is 0 Å². The van der Waals surface area contributed by atoms with Crippen molar-refractivity contribution in [3.8, 4) is 0 Å². The summed E-state index contributed by atoms with van der Waals surface area (Å²) in [5.74, 6) is 0.950. The quantitative estimate of drug-likeness (QED) is 0.860. The van der Waals surface area contributed by atoms with Gasteiger partial charge in [-0.25, -0.2) is 9.89 Å². The maximum atomic E-state index is 12.6. The minimum Gasteiger partial charge on any atom is -0.349 e. The molecule has 2 N–H and O–H groups in total. The fourth-order valence-electron chi connectivity index (χ4n) is 3.51. The van der Waals surface area contributed by atoms with Crippen molar-refractivity contribution in [1.82, 2.24) is 29.9 Å². The van der Waals surface area contributed by atoms with E-state index in [2.05, 4.69) is 20.6 Å². The number of aromatic amines is 1. The van der Waals surface area contributed by atoms with Crippen molar-refractivity contribution in [2.45, 2.75) is 45.1 Å². The number of aromatic nitrogens is 5. The van der Waals surface area contributed by atoms with Gasteiger partial charge in [0.05, 0.1) is 11.3 Å². The fraction of sp³-hybridized carbons (Fsp3) is 0.625. The van der Waals surface area contributed by atoms with Crippen LogP contribution in [0.4, 0.5) is 0 Å². The molecule has 3 rings (SSSR count). The number of amides is 1. The summed E-state index contributed by atoms with van der Waals surface area (Å²) in [5.41, 5.74) is 1.15. The van der Waals surface area contributed by atoms with Gasteiger partial charge in [0.25, 0.3) is 5.91 Å². The average Bonchev–Trinajstić information content (AvgIpc) is 3.05. The van der Waals surface area contributed by atoms with Crippen LogP contribution in [0.25, 0.3) is 0 Å². The number of nitrogens with one attached hydrogen (secondary N) is 2. The van der Waals surface area contributed by atoms with Gasteiger partial charge in [0.1, 0.15) is 5.82 Å². The van der Waals surface area contributed by atoms with Crippen LogP contribution in [0.1, 0.15) is 47.6 Å². The normalized spacial score (nSPS) is 21.0. The van der Waals surface area contributed by atoms with E-state index in [0.717, 1.165) is 37.2 Å². The zero-order chi connectivity index (χ0) is 17.3. The van der Waals surface area contributed by atoms with E-state index in [0.29, 0.717) is 12.0 Å². The van der Waals surface area contributed by atoms with Gasteiger partial charge in [-0.15, -0.1) is 0 Å². The summed E-state index contributed by atoms with van der Waals surface area (Å²) < 4.78 is 3.20. The third-order valence-corrected chi connectivity index (χ3v) is 4.90. The monoisotopic (exact) mass is 332 g/mol. The SMILES string of the molecule is Cc1nn(C)cc1C(=O)N[C@@H]1CCCC[C@@H]1Cc1n[nH]c(=O)n1C. The molecule has 0 unspecified atom stereocenters. The van der Waals surface area contributed by atoms with Crippen LogP contribution in [0.15, 0.2) is 11.0 Å². The largest absolute Gasteiger partial charge is 0.349 e. The molecule has 2 heterocycles. The molecular weight excluding hydrogens is 308 g/mol. The first-order valence-electron chi connectivity index (χ1n) is 8.37. The van der Waals surface area contributed by atoms with Crippen molar-refractivity contribution in [1.29, 1.82) is 0 Å². The molecule has 2 aromatic heterocycles. The molecule has 0 saturated heterocycles. The molecular formula is C16H24N6O2. The topological polar surface area (TPSA) is 97.6 Å². The van der Waals surface area contributed by atoms with E-state index in [-0.39, 0.29) is 23.6 Å². The number of hydrogen-bond donors (Lipinski definition) is 2. The molecule has 0 aromatic carbocycles. The highest BCUT2D eigenvalue weighted by Gasteiger charge is 2.29. The lowest BCUT2D eigenvalue weighted by molar-refractivity contribution is 0.0904. The van der Waals surface area contributed by atoms with E-state index in [1.54, 1.807) is 22.5 Å². The first-order valence-corrected chi connectivity index (χ1v) is 8.37. The Morgan fingerprint density at radius 1 is 1.38 bits per heavy atom. The van der Waals surface area contributed by atoms with Gasteiger partial charge in [-0.1, -0.05) is 12.8 Å². The summed E-state index contributed by atoms with van der Waals surface area (Å²) in [6.45, 7) is 1.84. The number of H-pyrrole nitrogens is 1. The minimum atomic E-state index is -0.202. The molecule has 1 aliphatic carbocycles. The first kappa shape index (κ1) is 16.5. The number of aryl methyl sites for hydroxylation is 2. The Morgan fingerprint density at radius 3 is 2.75 bits per heavy atom. The zero-order valence-electron chi connectivity index (χ0n) is 14.4. The Kier molecular flexibility index (Phi) is 4.55. The van der Waals surface area contributed by atoms with Gasteiger partial charge in [0, 0.05) is 32.8 Å². The lowest BCUT2D eigenvalue weighted by Crippen LogP contribution is -2.43. The molecule has 8 heteroatoms. The number of carbonyl (C=O) groups excluding carboxylic acids is 1. The van der Waals surface area contributed by atoms with Gasteiger partial charge < -0.3 is 5.32 Å². The van der Waals surface area contributed by atoms with Crippen LogP contribution in [0.3, 0.4) is 0 Å². The van der Waals surface area contributed by atoms with Crippen LogP contribution in [0.2, 0.25) is 0 Å². The lowest BCUT2D eigenvalue weighted by Gasteiger charge is -2.31. The van der Waals surface area contributed by atoms with E-state index in [1.165, 1.54) is 0 Å². The van der Waals surface area contributed by atoms with Gasteiger partial charge in [-0.2, -0.15) is 10.2 Å². The molecule has 1 fully saturated rings. The summed E-state index contributed by atoms with van der Waals surface area (Å²) in [5, 5.41) is 14.0. The van der Waals surface area contributed by atoms with Crippen molar-refractivity contribution in [2.24, 2.45) is 20.0 Å². The molecule has 0 spiro atoms. The Balaban J connectivity index is 1.72. The number of hydrogen-bond acceptors (Lipinski definition) is 4. The third-order valence-electron chi connectivity index (χ3n) is 4.90. The Bertz CT molecular complexity index is 787. The van der Waals surface area contributed by atoms with Gasteiger partial charge >= 0.3 is 5.69 Å². The van der Waals surface area contributed by atoms with E-state index in [9.17, 15) is 9.59 Å². The lowest BCUT2D eigenvalue weighted by atomic mass is 9.82. The molecule has 1 aliphatic rings. The molecule has 1 amide bonds. The molecule has 8 nitrogen and oxygen atoms in total. The minimum absolute atomic E-state index is 0.0755. The first-order chi connectivity index (χ1) is 11.5. The second-order valence-electron chi connectivity index (χ2n) is 6.63. The zero-order valence-corrected chi connectivity index (χ0v) is 14.4. The summed E-state index contributed by atoms with van der Waals surface area (Å²) in [6, 6.07) is 0.0951. The van der Waals surface area contributed by atoms with Crippen LogP contribution in [-0.2, 0) is 20.5 Å². The average molecular weight is 332 g/mol. The fourth-order valence-corrected chi connectivity index (χ4v) is 3.51. The molecule has 2 atom stereocenters. The maximum Gasteiger partial charge on any atom is 0.343 e. The van der Waals surface area contributed by atoms with Gasteiger partial charge in [-0.05, 0) is 25.7 Å². The Morgan fingerprint density at radius 2 is 2.12 bits per heavy atom. The Hall–Kier alpha value is -2.38. The van der Waals surface area contributed by atoms with Crippen LogP contribution in [-0.4, -0.2) is 36.5 Å². The number of carbonyl (C=O) groups is 1. The highest BCUT2D eigenvalue weighted by molar-refractivity contribution is 5.95. The van der Waals surface area contributed by atoms with E-state index in [4.69, 9.17) is 0 Å². The summed E-state index contributed by atoms with van der Waals surface area (Å²) >= 11 is 0. The van der Waals surface area contributed by atoms with Crippen LogP contribution in [0, 0.1) is 12.8 Å². The number of rotatable bonds is 4. The Labute approximate surface area is 140 Å². The van der Waals surface area contributed by atoms with Crippen LogP contribution < -0.4 is 11.0 Å². The predicted octanol–water partition coefficient (Wildman–Crippen LogP) is 0.682. The standard InChI is InChI=1S/C16H24N6O2/c1-10-12(9-21(2)20-10)15(23)17-13-7-5-4-6-11(13)8-14-18-19-16(24)22(14)3/h9,11,13H,4-8H2,1-3H3,(H,17,23)(H,19,24)/t11-,13-/m1/s1. The predicted molar refractivity (Wildman–Crippen MR) is 88.7 cm³/mol. The molecule has 2 aromatic rings. The third kappa shape index (κ3) is 3.27. The highest BCUT2D eigenvalue weighted by atomic mass is 16.2. The molecule has 0 radical (unpaired) electrons. The van der Waals surface area contributed by atoms with Crippen molar-refractivity contribution in [2.75, 3.05) is 0 Å². The molecule has 24 heavy (non-hydrogen) atoms. The molecule has 1 saturated carbocycles. The van der Waals surface area contributed by atoms with Crippen molar-refractivity contribution in [3.05, 3.63) is 33.8 Å². The highest BCUT2D eigenvalue weighted by Crippen LogP contribution is 2.27. The number of nitrogens with zero attached hydrogens (tertiary/aromatic N) is 4. The smallest absolute Gasteiger partial charge is 0.343 e. The van der Waals surface area contributed by atoms with E-state index < -0.39 is 0 Å². The summed E-state index contributed by atoms with van der Waals surface area (Å²) in [7, 11) is 3.53. The van der Waals surface area contributed by atoms with Crippen molar-refractivity contribution >= 4 is 5.91 Å². The molecule has 0 bridgehead atoms. The van der Waals surface area contributed by atoms with Crippen LogP contribution >= 0.6 is 0 Å². The van der Waals surface area contributed by atoms with Gasteiger partial charge in [0.2, 0.25) is 0 Å². The summed E-state index contributed by atoms with van der Waals surface area (Å²) in [6.07, 6.45) is 6.66. The van der Waals surface area contributed by atoms with E-state index >= 15 is 0 Å².